The molecule has 3 aromatic rings. The number of nitriles is 2. The van der Waals surface area contributed by atoms with Crippen molar-refractivity contribution in [2.24, 2.45) is 0 Å². The van der Waals surface area contributed by atoms with Crippen molar-refractivity contribution in [3.05, 3.63) is 63.3 Å². The van der Waals surface area contributed by atoms with Gasteiger partial charge in [-0.15, -0.1) is 0 Å². The van der Waals surface area contributed by atoms with Gasteiger partial charge in [-0.1, -0.05) is 19.1 Å². The fraction of sp³-hybridized carbons (Fsp3) is 0.318. The molecule has 7 heteroatoms. The Balaban J connectivity index is 2.06. The molecule has 0 saturated carbocycles. The van der Waals surface area contributed by atoms with Crippen LogP contribution in [-0.4, -0.2) is 29.0 Å². The number of nitrogens with zero attached hydrogens (tertiary/aromatic N) is 5. The van der Waals surface area contributed by atoms with E-state index in [9.17, 15) is 15.3 Å². The van der Waals surface area contributed by atoms with Crippen LogP contribution in [0.5, 0.6) is 0 Å². The van der Waals surface area contributed by atoms with E-state index in [1.165, 1.54) is 0 Å². The summed E-state index contributed by atoms with van der Waals surface area (Å²) in [5, 5.41) is 20.1. The maximum absolute atomic E-state index is 12.2. The van der Waals surface area contributed by atoms with Gasteiger partial charge in [0.2, 0.25) is 5.82 Å². The lowest BCUT2D eigenvalue weighted by Crippen LogP contribution is -2.24. The normalized spacial score (nSPS) is 12.8. The molecule has 0 amide bonds. The lowest BCUT2D eigenvalue weighted by Gasteiger charge is -2.23. The zero-order valence-electron chi connectivity index (χ0n) is 16.9. The standard InChI is InChI=1S/C22H22N6O/c1-5-14-8-15-6-7-16(9-18(15)26-21(14)29)22(2,13-24)11-17-10-20(28(3)4)27-19(12-23)25-17/h6-10H,5,11H2,1-4H3,(H,26,29). The van der Waals surface area contributed by atoms with Gasteiger partial charge in [-0.2, -0.15) is 10.5 Å². The van der Waals surface area contributed by atoms with Gasteiger partial charge in [0, 0.05) is 43.4 Å². The van der Waals surface area contributed by atoms with Crippen molar-refractivity contribution in [2.45, 2.75) is 32.1 Å². The molecule has 0 spiro atoms. The molecule has 0 bridgehead atoms. The average Bonchev–Trinajstić information content (AvgIpc) is 2.72. The highest BCUT2D eigenvalue weighted by Crippen LogP contribution is 2.30. The first kappa shape index (κ1) is 20.0. The Bertz CT molecular complexity index is 1210. The highest BCUT2D eigenvalue weighted by Gasteiger charge is 2.28. The summed E-state index contributed by atoms with van der Waals surface area (Å²) in [4.78, 5) is 25.4. The first-order valence-electron chi connectivity index (χ1n) is 9.32. The first-order chi connectivity index (χ1) is 13.8. The Morgan fingerprint density at radius 2 is 1.93 bits per heavy atom. The molecule has 1 N–H and O–H groups in total. The van der Waals surface area contributed by atoms with Gasteiger partial charge in [-0.25, -0.2) is 9.97 Å². The molecule has 0 aliphatic rings. The van der Waals surface area contributed by atoms with Gasteiger partial charge in [-0.05, 0) is 36.4 Å². The minimum atomic E-state index is -0.890. The van der Waals surface area contributed by atoms with Crippen LogP contribution in [0.3, 0.4) is 0 Å². The van der Waals surface area contributed by atoms with Crippen LogP contribution in [0.15, 0.2) is 35.1 Å². The van der Waals surface area contributed by atoms with Crippen molar-refractivity contribution in [2.75, 3.05) is 19.0 Å². The molecule has 0 radical (unpaired) electrons. The molecule has 0 aliphatic heterocycles. The first-order valence-corrected chi connectivity index (χ1v) is 9.32. The molecule has 3 rings (SSSR count). The predicted octanol–water partition coefficient (Wildman–Crippen LogP) is 2.84. The van der Waals surface area contributed by atoms with E-state index in [1.54, 1.807) is 11.0 Å². The molecule has 0 aliphatic carbocycles. The minimum absolute atomic E-state index is 0.0708. The highest BCUT2D eigenvalue weighted by atomic mass is 16.1. The molecule has 1 aromatic carbocycles. The molecule has 0 fully saturated rings. The van der Waals surface area contributed by atoms with Crippen molar-refractivity contribution >= 4 is 16.7 Å². The fourth-order valence-electron chi connectivity index (χ4n) is 3.27. The van der Waals surface area contributed by atoms with E-state index in [-0.39, 0.29) is 11.4 Å². The van der Waals surface area contributed by atoms with Crippen molar-refractivity contribution in [1.82, 2.24) is 15.0 Å². The van der Waals surface area contributed by atoms with Crippen molar-refractivity contribution in [3.8, 4) is 12.1 Å². The second kappa shape index (κ2) is 7.73. The number of anilines is 1. The summed E-state index contributed by atoms with van der Waals surface area (Å²) >= 11 is 0. The van der Waals surface area contributed by atoms with E-state index < -0.39 is 5.41 Å². The number of hydrogen-bond donors (Lipinski definition) is 1. The molecule has 29 heavy (non-hydrogen) atoms. The zero-order valence-corrected chi connectivity index (χ0v) is 16.9. The number of pyridine rings is 1. The number of H-pyrrole nitrogens is 1. The number of benzene rings is 1. The van der Waals surface area contributed by atoms with E-state index in [1.807, 2.05) is 58.3 Å². The second-order valence-electron chi connectivity index (χ2n) is 7.45. The molecule has 7 nitrogen and oxygen atoms in total. The number of aromatic nitrogens is 3. The number of hydrogen-bond acceptors (Lipinski definition) is 6. The van der Waals surface area contributed by atoms with Crippen molar-refractivity contribution < 1.29 is 0 Å². The van der Waals surface area contributed by atoms with Crippen LogP contribution in [0.2, 0.25) is 0 Å². The highest BCUT2D eigenvalue weighted by molar-refractivity contribution is 5.80. The van der Waals surface area contributed by atoms with Gasteiger partial charge < -0.3 is 9.88 Å². The summed E-state index contributed by atoms with van der Waals surface area (Å²) in [5.74, 6) is 0.684. The third-order valence-corrected chi connectivity index (χ3v) is 5.05. The summed E-state index contributed by atoms with van der Waals surface area (Å²) in [5.41, 5.74) is 1.81. The van der Waals surface area contributed by atoms with E-state index in [2.05, 4.69) is 21.0 Å². The number of rotatable bonds is 5. The molecular formula is C22H22N6O. The van der Waals surface area contributed by atoms with Gasteiger partial charge >= 0.3 is 0 Å². The Morgan fingerprint density at radius 1 is 1.17 bits per heavy atom. The van der Waals surface area contributed by atoms with Crippen molar-refractivity contribution in [1.29, 1.82) is 10.5 Å². The summed E-state index contributed by atoms with van der Waals surface area (Å²) in [6, 6.07) is 13.7. The van der Waals surface area contributed by atoms with Gasteiger partial charge in [-0.3, -0.25) is 4.79 Å². The molecule has 1 atom stereocenters. The average molecular weight is 386 g/mol. The van der Waals surface area contributed by atoms with Crippen LogP contribution in [0, 0.1) is 22.7 Å². The molecule has 146 valence electrons. The van der Waals surface area contributed by atoms with Gasteiger partial charge in [0.05, 0.1) is 11.5 Å². The zero-order chi connectivity index (χ0) is 21.2. The Labute approximate surface area is 169 Å². The number of aryl methyl sites for hydroxylation is 1. The second-order valence-corrected chi connectivity index (χ2v) is 7.45. The molecule has 2 aromatic heterocycles. The van der Waals surface area contributed by atoms with Crippen LogP contribution in [0.4, 0.5) is 5.82 Å². The largest absolute Gasteiger partial charge is 0.363 e. The number of nitrogens with one attached hydrogen (secondary N) is 1. The Morgan fingerprint density at radius 3 is 2.55 bits per heavy atom. The van der Waals surface area contributed by atoms with Crippen LogP contribution >= 0.6 is 0 Å². The van der Waals surface area contributed by atoms with E-state index in [4.69, 9.17) is 0 Å². The molecule has 1 unspecified atom stereocenters. The van der Waals surface area contributed by atoms with Crippen LogP contribution in [-0.2, 0) is 18.3 Å². The van der Waals surface area contributed by atoms with Gasteiger partial charge in [0.1, 0.15) is 11.9 Å². The van der Waals surface area contributed by atoms with Crippen LogP contribution in [0.1, 0.15) is 36.5 Å². The maximum Gasteiger partial charge on any atom is 0.251 e. The monoisotopic (exact) mass is 386 g/mol. The number of fused-ring (bicyclic) bond motifs is 1. The lowest BCUT2D eigenvalue weighted by atomic mass is 9.79. The third-order valence-electron chi connectivity index (χ3n) is 5.05. The molecule has 2 heterocycles. The van der Waals surface area contributed by atoms with E-state index >= 15 is 0 Å². The maximum atomic E-state index is 12.2. The van der Waals surface area contributed by atoms with Crippen molar-refractivity contribution in [3.63, 3.8) is 0 Å². The topological polar surface area (TPSA) is 109 Å². The molecule has 0 saturated heterocycles. The summed E-state index contributed by atoms with van der Waals surface area (Å²) < 4.78 is 0. The predicted molar refractivity (Wildman–Crippen MR) is 112 cm³/mol. The summed E-state index contributed by atoms with van der Waals surface area (Å²) in [7, 11) is 3.67. The fourth-order valence-corrected chi connectivity index (χ4v) is 3.27. The summed E-state index contributed by atoms with van der Waals surface area (Å²) in [6.45, 7) is 3.77. The summed E-state index contributed by atoms with van der Waals surface area (Å²) in [6.07, 6.45) is 0.969. The van der Waals surface area contributed by atoms with Gasteiger partial charge in [0.25, 0.3) is 5.56 Å². The quantitative estimate of drug-likeness (QED) is 0.722. The van der Waals surface area contributed by atoms with E-state index in [0.29, 0.717) is 29.9 Å². The lowest BCUT2D eigenvalue weighted by molar-refractivity contribution is 0.595. The SMILES string of the molecule is CCc1cc2ccc(C(C)(C#N)Cc3cc(N(C)C)nc(C#N)n3)cc2[nH]c1=O. The third kappa shape index (κ3) is 3.95. The van der Waals surface area contributed by atoms with E-state index in [0.717, 1.165) is 16.5 Å². The van der Waals surface area contributed by atoms with Crippen LogP contribution < -0.4 is 10.5 Å². The molecular weight excluding hydrogens is 364 g/mol. The Kier molecular flexibility index (Phi) is 5.34. The van der Waals surface area contributed by atoms with Gasteiger partial charge in [0.15, 0.2) is 0 Å². The van der Waals surface area contributed by atoms with Crippen LogP contribution in [0.25, 0.3) is 10.9 Å². The smallest absolute Gasteiger partial charge is 0.251 e. The Hall–Kier alpha value is -3.71. The minimum Gasteiger partial charge on any atom is -0.363 e. The number of aromatic amines is 1.